The van der Waals surface area contributed by atoms with Crippen molar-refractivity contribution in [1.29, 1.82) is 0 Å². The molecule has 3 heteroatoms. The second-order valence-electron chi connectivity index (χ2n) is 5.15. The second-order valence-corrected chi connectivity index (χ2v) is 5.15. The summed E-state index contributed by atoms with van der Waals surface area (Å²) in [6, 6.07) is 8.40. The van der Waals surface area contributed by atoms with Crippen molar-refractivity contribution in [3.63, 3.8) is 0 Å². The summed E-state index contributed by atoms with van der Waals surface area (Å²) in [6.07, 6.45) is 3.88. The summed E-state index contributed by atoms with van der Waals surface area (Å²) in [6.45, 7) is 2.73. The van der Waals surface area contributed by atoms with E-state index in [0.29, 0.717) is 18.9 Å². The summed E-state index contributed by atoms with van der Waals surface area (Å²) < 4.78 is 0. The first-order valence-corrected chi connectivity index (χ1v) is 6.79. The monoisotopic (exact) mass is 246 g/mol. The average molecular weight is 246 g/mol. The van der Waals surface area contributed by atoms with Crippen LogP contribution in [-0.4, -0.2) is 11.9 Å². The molecule has 1 fully saturated rings. The Morgan fingerprint density at radius 2 is 1.94 bits per heavy atom. The van der Waals surface area contributed by atoms with E-state index in [0.717, 1.165) is 12.0 Å². The Morgan fingerprint density at radius 3 is 2.50 bits per heavy atom. The first-order chi connectivity index (χ1) is 8.69. The van der Waals surface area contributed by atoms with Gasteiger partial charge in [0.25, 0.3) is 0 Å². The SMILES string of the molecule is CCc1ccc(CNC(=O)CC(N)C2CC2)cc1. The van der Waals surface area contributed by atoms with Gasteiger partial charge in [-0.15, -0.1) is 0 Å². The van der Waals surface area contributed by atoms with Crippen molar-refractivity contribution in [3.8, 4) is 0 Å². The lowest BCUT2D eigenvalue weighted by Crippen LogP contribution is -2.32. The highest BCUT2D eigenvalue weighted by molar-refractivity contribution is 5.76. The van der Waals surface area contributed by atoms with Gasteiger partial charge in [-0.25, -0.2) is 0 Å². The van der Waals surface area contributed by atoms with Gasteiger partial charge in [0.2, 0.25) is 5.91 Å². The minimum Gasteiger partial charge on any atom is -0.352 e. The minimum absolute atomic E-state index is 0.0486. The number of carbonyl (C=O) groups is 1. The summed E-state index contributed by atoms with van der Waals surface area (Å²) >= 11 is 0. The highest BCUT2D eigenvalue weighted by Gasteiger charge is 2.29. The van der Waals surface area contributed by atoms with E-state index >= 15 is 0 Å². The molecule has 0 spiro atoms. The molecule has 1 aromatic rings. The Kier molecular flexibility index (Phi) is 4.37. The Labute approximate surface area is 109 Å². The van der Waals surface area contributed by atoms with Crippen molar-refractivity contribution in [2.24, 2.45) is 11.7 Å². The molecule has 0 saturated heterocycles. The molecule has 0 heterocycles. The predicted molar refractivity (Wildman–Crippen MR) is 73.0 cm³/mol. The maximum absolute atomic E-state index is 11.7. The first kappa shape index (κ1) is 13.1. The minimum atomic E-state index is 0.0486. The maximum atomic E-state index is 11.7. The summed E-state index contributed by atoms with van der Waals surface area (Å²) in [5.41, 5.74) is 8.39. The molecule has 1 atom stereocenters. The van der Waals surface area contributed by atoms with E-state index in [2.05, 4.69) is 36.5 Å². The van der Waals surface area contributed by atoms with Crippen molar-refractivity contribution in [1.82, 2.24) is 5.32 Å². The van der Waals surface area contributed by atoms with E-state index < -0.39 is 0 Å². The van der Waals surface area contributed by atoms with Crippen LogP contribution in [0.2, 0.25) is 0 Å². The van der Waals surface area contributed by atoms with E-state index in [1.807, 2.05) is 0 Å². The molecule has 98 valence electrons. The molecule has 0 aliphatic heterocycles. The predicted octanol–water partition coefficient (Wildman–Crippen LogP) is 1.99. The topological polar surface area (TPSA) is 55.1 Å². The van der Waals surface area contributed by atoms with Gasteiger partial charge < -0.3 is 11.1 Å². The van der Waals surface area contributed by atoms with Crippen LogP contribution in [0.1, 0.15) is 37.3 Å². The molecule has 2 rings (SSSR count). The molecule has 1 aliphatic carbocycles. The van der Waals surface area contributed by atoms with Crippen LogP contribution in [0.25, 0.3) is 0 Å². The number of carbonyl (C=O) groups excluding carboxylic acids is 1. The zero-order valence-electron chi connectivity index (χ0n) is 11.0. The number of rotatable bonds is 6. The Morgan fingerprint density at radius 1 is 1.33 bits per heavy atom. The molecule has 3 N–H and O–H groups in total. The number of amides is 1. The van der Waals surface area contributed by atoms with Crippen molar-refractivity contribution in [2.75, 3.05) is 0 Å². The van der Waals surface area contributed by atoms with Gasteiger partial charge in [0.05, 0.1) is 0 Å². The molecular weight excluding hydrogens is 224 g/mol. The van der Waals surface area contributed by atoms with Crippen LogP contribution in [0.3, 0.4) is 0 Å². The van der Waals surface area contributed by atoms with Crippen LogP contribution < -0.4 is 11.1 Å². The number of hydrogen-bond acceptors (Lipinski definition) is 2. The van der Waals surface area contributed by atoms with Crippen LogP contribution in [0, 0.1) is 5.92 Å². The fraction of sp³-hybridized carbons (Fsp3) is 0.533. The van der Waals surface area contributed by atoms with Gasteiger partial charge in [0, 0.05) is 19.0 Å². The lowest BCUT2D eigenvalue weighted by Gasteiger charge is -2.10. The lowest BCUT2D eigenvalue weighted by molar-refractivity contribution is -0.121. The molecule has 1 aromatic carbocycles. The van der Waals surface area contributed by atoms with Gasteiger partial charge in [-0.1, -0.05) is 31.2 Å². The van der Waals surface area contributed by atoms with E-state index in [9.17, 15) is 4.79 Å². The molecule has 0 aromatic heterocycles. The van der Waals surface area contributed by atoms with Gasteiger partial charge >= 0.3 is 0 Å². The van der Waals surface area contributed by atoms with Crippen molar-refractivity contribution < 1.29 is 4.79 Å². The van der Waals surface area contributed by atoms with Gasteiger partial charge in [-0.3, -0.25) is 4.79 Å². The van der Waals surface area contributed by atoms with E-state index in [4.69, 9.17) is 5.73 Å². The lowest BCUT2D eigenvalue weighted by atomic mass is 10.1. The van der Waals surface area contributed by atoms with Gasteiger partial charge in [-0.2, -0.15) is 0 Å². The van der Waals surface area contributed by atoms with Crippen LogP contribution in [-0.2, 0) is 17.8 Å². The van der Waals surface area contributed by atoms with Gasteiger partial charge in [-0.05, 0) is 36.3 Å². The first-order valence-electron chi connectivity index (χ1n) is 6.79. The Bertz CT molecular complexity index is 395. The third kappa shape index (κ3) is 3.84. The zero-order valence-corrected chi connectivity index (χ0v) is 11.0. The largest absolute Gasteiger partial charge is 0.352 e. The number of hydrogen-bond donors (Lipinski definition) is 2. The fourth-order valence-corrected chi connectivity index (χ4v) is 2.07. The standard InChI is InChI=1S/C15H22N2O/c1-2-11-3-5-12(6-4-11)10-17-15(18)9-14(16)13-7-8-13/h3-6,13-14H,2,7-10,16H2,1H3,(H,17,18). The van der Waals surface area contributed by atoms with Crippen molar-refractivity contribution >= 4 is 5.91 Å². The number of benzene rings is 1. The van der Waals surface area contributed by atoms with Crippen LogP contribution >= 0.6 is 0 Å². The summed E-state index contributed by atoms with van der Waals surface area (Å²) in [7, 11) is 0. The van der Waals surface area contributed by atoms with Crippen molar-refractivity contribution in [2.45, 2.75) is 45.2 Å². The molecule has 0 bridgehead atoms. The highest BCUT2D eigenvalue weighted by Crippen LogP contribution is 2.32. The Balaban J connectivity index is 1.74. The summed E-state index contributed by atoms with van der Waals surface area (Å²) in [5.74, 6) is 0.647. The second kappa shape index (κ2) is 6.01. The average Bonchev–Trinajstić information content (AvgIpc) is 3.21. The summed E-state index contributed by atoms with van der Waals surface area (Å²) in [4.78, 5) is 11.7. The Hall–Kier alpha value is -1.35. The fourth-order valence-electron chi connectivity index (χ4n) is 2.07. The molecule has 1 amide bonds. The molecule has 1 aliphatic rings. The number of nitrogens with one attached hydrogen (secondary N) is 1. The highest BCUT2D eigenvalue weighted by atomic mass is 16.1. The zero-order chi connectivity index (χ0) is 13.0. The number of nitrogens with two attached hydrogens (primary N) is 1. The molecule has 0 radical (unpaired) electrons. The smallest absolute Gasteiger partial charge is 0.221 e. The maximum Gasteiger partial charge on any atom is 0.221 e. The summed E-state index contributed by atoms with van der Waals surface area (Å²) in [5, 5.41) is 2.93. The number of aryl methyl sites for hydroxylation is 1. The van der Waals surface area contributed by atoms with Gasteiger partial charge in [0.1, 0.15) is 0 Å². The molecule has 1 saturated carbocycles. The normalized spacial score (nSPS) is 16.3. The van der Waals surface area contributed by atoms with Crippen LogP contribution in [0.15, 0.2) is 24.3 Å². The van der Waals surface area contributed by atoms with E-state index in [-0.39, 0.29) is 11.9 Å². The van der Waals surface area contributed by atoms with Crippen molar-refractivity contribution in [3.05, 3.63) is 35.4 Å². The third-order valence-corrected chi connectivity index (χ3v) is 3.57. The quantitative estimate of drug-likeness (QED) is 0.806. The van der Waals surface area contributed by atoms with Crippen LogP contribution in [0.5, 0.6) is 0 Å². The molecule has 3 nitrogen and oxygen atoms in total. The van der Waals surface area contributed by atoms with E-state index in [1.165, 1.54) is 18.4 Å². The third-order valence-electron chi connectivity index (χ3n) is 3.57. The molecule has 18 heavy (non-hydrogen) atoms. The molecule has 1 unspecified atom stereocenters. The van der Waals surface area contributed by atoms with E-state index in [1.54, 1.807) is 0 Å². The van der Waals surface area contributed by atoms with Gasteiger partial charge in [0.15, 0.2) is 0 Å². The van der Waals surface area contributed by atoms with Crippen LogP contribution in [0.4, 0.5) is 0 Å². The molecular formula is C15H22N2O.